The molecule has 5 nitrogen and oxygen atoms in total. The van der Waals surface area contributed by atoms with E-state index < -0.39 is 6.10 Å². The molecule has 1 saturated heterocycles. The van der Waals surface area contributed by atoms with Gasteiger partial charge < -0.3 is 20.7 Å². The Bertz CT molecular complexity index is 228. The van der Waals surface area contributed by atoms with Gasteiger partial charge in [0.1, 0.15) is 6.10 Å². The Morgan fingerprint density at radius 2 is 2.22 bits per heavy atom. The summed E-state index contributed by atoms with van der Waals surface area (Å²) in [6, 6.07) is 0. The second kappa shape index (κ2) is 10.8. The Labute approximate surface area is 122 Å². The SMILES string of the molecule is CCN1CCC(CNC(=O)C(CN)OC)C1.Cl.Cl. The van der Waals surface area contributed by atoms with Gasteiger partial charge in [-0.2, -0.15) is 0 Å². The monoisotopic (exact) mass is 301 g/mol. The van der Waals surface area contributed by atoms with E-state index in [-0.39, 0.29) is 37.3 Å². The first-order valence-electron chi connectivity index (χ1n) is 5.94. The molecule has 1 aliphatic heterocycles. The highest BCUT2D eigenvalue weighted by atomic mass is 35.5. The molecule has 1 fully saturated rings. The van der Waals surface area contributed by atoms with Crippen molar-refractivity contribution in [3.63, 3.8) is 0 Å². The van der Waals surface area contributed by atoms with Crippen LogP contribution in [0.2, 0.25) is 0 Å². The van der Waals surface area contributed by atoms with Crippen LogP contribution >= 0.6 is 24.8 Å². The molecule has 1 rings (SSSR count). The Morgan fingerprint density at radius 1 is 1.56 bits per heavy atom. The van der Waals surface area contributed by atoms with E-state index in [9.17, 15) is 4.79 Å². The molecule has 7 heteroatoms. The molecule has 0 saturated carbocycles. The van der Waals surface area contributed by atoms with Gasteiger partial charge in [0.05, 0.1) is 0 Å². The van der Waals surface area contributed by atoms with Crippen molar-refractivity contribution in [3.8, 4) is 0 Å². The highest BCUT2D eigenvalue weighted by molar-refractivity contribution is 5.85. The van der Waals surface area contributed by atoms with Gasteiger partial charge in [-0.3, -0.25) is 4.79 Å². The second-order valence-electron chi connectivity index (χ2n) is 4.25. The number of methoxy groups -OCH3 is 1. The summed E-state index contributed by atoms with van der Waals surface area (Å²) in [7, 11) is 1.51. The quantitative estimate of drug-likeness (QED) is 0.739. The number of nitrogens with zero attached hydrogens (tertiary/aromatic N) is 1. The number of carbonyl (C=O) groups excluding carboxylic acids is 1. The molecule has 2 unspecified atom stereocenters. The fourth-order valence-electron chi connectivity index (χ4n) is 2.04. The maximum atomic E-state index is 11.6. The summed E-state index contributed by atoms with van der Waals surface area (Å²) < 4.78 is 4.97. The van der Waals surface area contributed by atoms with Crippen molar-refractivity contribution in [2.45, 2.75) is 19.4 Å². The van der Waals surface area contributed by atoms with Crippen LogP contribution in [0.3, 0.4) is 0 Å². The van der Waals surface area contributed by atoms with Crippen molar-refractivity contribution in [2.75, 3.05) is 39.8 Å². The van der Waals surface area contributed by atoms with Crippen molar-refractivity contribution in [3.05, 3.63) is 0 Å². The van der Waals surface area contributed by atoms with E-state index in [0.29, 0.717) is 5.92 Å². The van der Waals surface area contributed by atoms with E-state index in [4.69, 9.17) is 10.5 Å². The molecule has 2 atom stereocenters. The molecule has 1 amide bonds. The van der Waals surface area contributed by atoms with E-state index >= 15 is 0 Å². The molecule has 1 aliphatic rings. The van der Waals surface area contributed by atoms with Crippen LogP contribution in [0.5, 0.6) is 0 Å². The molecule has 1 heterocycles. The Morgan fingerprint density at radius 3 is 2.67 bits per heavy atom. The Kier molecular flexibility index (Phi) is 12.2. The van der Waals surface area contributed by atoms with Crippen molar-refractivity contribution in [1.29, 1.82) is 0 Å². The maximum Gasteiger partial charge on any atom is 0.250 e. The molecule has 0 spiro atoms. The lowest BCUT2D eigenvalue weighted by Gasteiger charge is -2.16. The number of nitrogens with one attached hydrogen (secondary N) is 1. The summed E-state index contributed by atoms with van der Waals surface area (Å²) in [5, 5.41) is 2.90. The summed E-state index contributed by atoms with van der Waals surface area (Å²) in [6.07, 6.45) is 0.651. The number of amides is 1. The van der Waals surface area contributed by atoms with Gasteiger partial charge >= 0.3 is 0 Å². The lowest BCUT2D eigenvalue weighted by atomic mass is 10.1. The number of carbonyl (C=O) groups is 1. The lowest BCUT2D eigenvalue weighted by molar-refractivity contribution is -0.130. The molecule has 0 aromatic carbocycles. The third kappa shape index (κ3) is 6.20. The van der Waals surface area contributed by atoms with Crippen LogP contribution in [-0.2, 0) is 9.53 Å². The van der Waals surface area contributed by atoms with E-state index in [1.165, 1.54) is 7.11 Å². The van der Waals surface area contributed by atoms with Gasteiger partial charge in [0.15, 0.2) is 0 Å². The van der Waals surface area contributed by atoms with Gasteiger partial charge in [-0.05, 0) is 25.4 Å². The van der Waals surface area contributed by atoms with Crippen LogP contribution in [0.4, 0.5) is 0 Å². The first-order chi connectivity index (χ1) is 7.71. The molecule has 110 valence electrons. The normalized spacial score (nSPS) is 20.7. The smallest absolute Gasteiger partial charge is 0.250 e. The number of hydrogen-bond donors (Lipinski definition) is 2. The molecule has 0 bridgehead atoms. The average molecular weight is 302 g/mol. The number of likely N-dealkylation sites (tertiary alicyclic amines) is 1. The van der Waals surface area contributed by atoms with E-state index in [1.807, 2.05) is 0 Å². The van der Waals surface area contributed by atoms with Crippen LogP contribution in [0.25, 0.3) is 0 Å². The first-order valence-corrected chi connectivity index (χ1v) is 5.94. The topological polar surface area (TPSA) is 67.6 Å². The minimum Gasteiger partial charge on any atom is -0.370 e. The van der Waals surface area contributed by atoms with Crippen molar-refractivity contribution in [1.82, 2.24) is 10.2 Å². The zero-order valence-corrected chi connectivity index (χ0v) is 12.7. The molecule has 3 N–H and O–H groups in total. The molecule has 0 radical (unpaired) electrons. The maximum absolute atomic E-state index is 11.6. The molecule has 0 aromatic heterocycles. The van der Waals surface area contributed by atoms with Gasteiger partial charge in [-0.1, -0.05) is 6.92 Å². The standard InChI is InChI=1S/C11H23N3O2.2ClH/c1-3-14-5-4-9(8-14)7-13-11(15)10(6-12)16-2;;/h9-10H,3-8,12H2,1-2H3,(H,13,15);2*1H. The van der Waals surface area contributed by atoms with Crippen molar-refractivity contribution < 1.29 is 9.53 Å². The van der Waals surface area contributed by atoms with Crippen LogP contribution < -0.4 is 11.1 Å². The largest absolute Gasteiger partial charge is 0.370 e. The number of rotatable bonds is 6. The number of nitrogens with two attached hydrogens (primary N) is 1. The lowest BCUT2D eigenvalue weighted by Crippen LogP contribution is -2.42. The summed E-state index contributed by atoms with van der Waals surface area (Å²) in [5.74, 6) is 0.471. The molecule has 0 aliphatic carbocycles. The summed E-state index contributed by atoms with van der Waals surface area (Å²) >= 11 is 0. The van der Waals surface area contributed by atoms with Gasteiger partial charge in [0, 0.05) is 26.7 Å². The zero-order chi connectivity index (χ0) is 12.0. The third-order valence-electron chi connectivity index (χ3n) is 3.17. The third-order valence-corrected chi connectivity index (χ3v) is 3.17. The van der Waals surface area contributed by atoms with Crippen LogP contribution in [0.1, 0.15) is 13.3 Å². The first kappa shape index (κ1) is 20.3. The fourth-order valence-corrected chi connectivity index (χ4v) is 2.04. The van der Waals surface area contributed by atoms with Crippen LogP contribution in [0.15, 0.2) is 0 Å². The van der Waals surface area contributed by atoms with Crippen LogP contribution in [-0.4, -0.2) is 56.7 Å². The highest BCUT2D eigenvalue weighted by Gasteiger charge is 2.23. The Balaban J connectivity index is 0. The summed E-state index contributed by atoms with van der Waals surface area (Å²) in [5.41, 5.74) is 5.42. The minimum atomic E-state index is -0.510. The fraction of sp³-hybridized carbons (Fsp3) is 0.909. The highest BCUT2D eigenvalue weighted by Crippen LogP contribution is 2.14. The molecule has 18 heavy (non-hydrogen) atoms. The molecular weight excluding hydrogens is 277 g/mol. The molecule has 0 aromatic rings. The second-order valence-corrected chi connectivity index (χ2v) is 4.25. The van der Waals surface area contributed by atoms with E-state index in [1.54, 1.807) is 0 Å². The van der Waals surface area contributed by atoms with Gasteiger partial charge in [-0.15, -0.1) is 24.8 Å². The van der Waals surface area contributed by atoms with E-state index in [0.717, 1.165) is 32.6 Å². The van der Waals surface area contributed by atoms with Gasteiger partial charge in [-0.25, -0.2) is 0 Å². The number of halogens is 2. The predicted octanol–water partition coefficient (Wildman–Crippen LogP) is 0.262. The minimum absolute atomic E-state index is 0. The molecular formula is C11H25Cl2N3O2. The van der Waals surface area contributed by atoms with E-state index in [2.05, 4.69) is 17.1 Å². The number of ether oxygens (including phenoxy) is 1. The van der Waals surface area contributed by atoms with Crippen molar-refractivity contribution >= 4 is 30.7 Å². The van der Waals surface area contributed by atoms with Crippen LogP contribution in [0, 0.1) is 5.92 Å². The van der Waals surface area contributed by atoms with Crippen molar-refractivity contribution in [2.24, 2.45) is 11.7 Å². The van der Waals surface area contributed by atoms with Gasteiger partial charge in [0.2, 0.25) is 5.91 Å². The van der Waals surface area contributed by atoms with Gasteiger partial charge in [0.25, 0.3) is 0 Å². The summed E-state index contributed by atoms with van der Waals surface area (Å²) in [4.78, 5) is 14.0. The Hall–Kier alpha value is -0.0700. The summed E-state index contributed by atoms with van der Waals surface area (Å²) in [6.45, 7) is 6.44. The zero-order valence-electron chi connectivity index (χ0n) is 11.1. The predicted molar refractivity (Wildman–Crippen MR) is 77.6 cm³/mol. The average Bonchev–Trinajstić information content (AvgIpc) is 2.76. The number of hydrogen-bond acceptors (Lipinski definition) is 4.